The Balaban J connectivity index is 1.58. The third-order valence-electron chi connectivity index (χ3n) is 3.97. The molecule has 1 atom stereocenters. The van der Waals surface area contributed by atoms with Crippen LogP contribution < -0.4 is 20.3 Å². The monoisotopic (exact) mass is 431 g/mol. The summed E-state index contributed by atoms with van der Waals surface area (Å²) in [6, 6.07) is 14.2. The van der Waals surface area contributed by atoms with Crippen molar-refractivity contribution in [2.75, 3.05) is 23.3 Å². The van der Waals surface area contributed by atoms with Gasteiger partial charge in [0.15, 0.2) is 6.10 Å². The van der Waals surface area contributed by atoms with Crippen LogP contribution in [0.2, 0.25) is 0 Å². The van der Waals surface area contributed by atoms with E-state index in [9.17, 15) is 14.4 Å². The highest BCUT2D eigenvalue weighted by molar-refractivity contribution is 9.10. The number of halogens is 1. The summed E-state index contributed by atoms with van der Waals surface area (Å²) in [5.41, 5.74) is 1.15. The molecule has 1 heterocycles. The molecule has 0 bridgehead atoms. The number of fused-ring (bicyclic) bond motifs is 1. The van der Waals surface area contributed by atoms with Crippen LogP contribution in [-0.4, -0.2) is 36.9 Å². The quantitative estimate of drug-likeness (QED) is 0.760. The fourth-order valence-corrected chi connectivity index (χ4v) is 3.04. The van der Waals surface area contributed by atoms with Crippen LogP contribution in [0, 0.1) is 0 Å². The van der Waals surface area contributed by atoms with Gasteiger partial charge in [0, 0.05) is 4.47 Å². The van der Waals surface area contributed by atoms with Gasteiger partial charge in [0.2, 0.25) is 11.8 Å². The van der Waals surface area contributed by atoms with Gasteiger partial charge in [0.1, 0.15) is 12.3 Å². The summed E-state index contributed by atoms with van der Waals surface area (Å²) in [5.74, 6) is -0.558. The summed E-state index contributed by atoms with van der Waals surface area (Å²) in [6.45, 7) is 1.25. The molecule has 7 nitrogen and oxygen atoms in total. The minimum absolute atomic E-state index is 0.189. The van der Waals surface area contributed by atoms with E-state index >= 15 is 0 Å². The van der Waals surface area contributed by atoms with Crippen LogP contribution in [0.15, 0.2) is 53.0 Å². The highest BCUT2D eigenvalue weighted by atomic mass is 79.9. The van der Waals surface area contributed by atoms with Crippen molar-refractivity contribution >= 4 is 45.0 Å². The lowest BCUT2D eigenvalue weighted by Gasteiger charge is -2.32. The number of nitrogens with one attached hydrogen (secondary N) is 2. The molecule has 0 fully saturated rings. The molecule has 0 radical (unpaired) electrons. The minimum Gasteiger partial charge on any atom is -0.479 e. The van der Waals surface area contributed by atoms with Crippen LogP contribution in [0.4, 0.5) is 11.4 Å². The van der Waals surface area contributed by atoms with Crippen molar-refractivity contribution in [3.05, 3.63) is 53.0 Å². The third kappa shape index (κ3) is 4.46. The van der Waals surface area contributed by atoms with E-state index in [1.54, 1.807) is 49.4 Å². The maximum Gasteiger partial charge on any atom is 0.268 e. The van der Waals surface area contributed by atoms with Crippen LogP contribution in [-0.2, 0) is 14.4 Å². The number of benzene rings is 2. The average Bonchev–Trinajstić information content (AvgIpc) is 2.65. The van der Waals surface area contributed by atoms with Crippen molar-refractivity contribution in [2.45, 2.75) is 13.0 Å². The standard InChI is InChI=1S/C19H18BrN3O4/c1-12-19(26)23(15-8-4-5-9-16(15)27-12)11-18(25)21-10-17(24)22-14-7-3-2-6-13(14)20/h2-9,12H,10-11H2,1H3,(H,21,25)(H,22,24)/t12-/m0/s1. The SMILES string of the molecule is C[C@@H]1Oc2ccccc2N(CC(=O)NCC(=O)Nc2ccccc2Br)C1=O. The van der Waals surface area contributed by atoms with E-state index in [1.807, 2.05) is 6.07 Å². The number of nitrogens with zero attached hydrogens (tertiary/aromatic N) is 1. The van der Waals surface area contributed by atoms with Gasteiger partial charge in [0.25, 0.3) is 5.91 Å². The number of rotatable bonds is 5. The molecule has 1 aliphatic heterocycles. The van der Waals surface area contributed by atoms with Gasteiger partial charge in [-0.25, -0.2) is 0 Å². The number of anilines is 2. The summed E-state index contributed by atoms with van der Waals surface area (Å²) >= 11 is 3.34. The first-order valence-electron chi connectivity index (χ1n) is 8.34. The van der Waals surface area contributed by atoms with E-state index < -0.39 is 12.0 Å². The first kappa shape index (κ1) is 18.9. The summed E-state index contributed by atoms with van der Waals surface area (Å²) in [5, 5.41) is 5.23. The van der Waals surface area contributed by atoms with E-state index in [0.717, 1.165) is 4.47 Å². The minimum atomic E-state index is -0.675. The molecule has 0 spiro atoms. The zero-order valence-electron chi connectivity index (χ0n) is 14.6. The van der Waals surface area contributed by atoms with E-state index in [1.165, 1.54) is 4.90 Å². The zero-order valence-corrected chi connectivity index (χ0v) is 16.2. The molecule has 2 aromatic rings. The Morgan fingerprint density at radius 3 is 2.59 bits per heavy atom. The summed E-state index contributed by atoms with van der Waals surface area (Å²) in [7, 11) is 0. The molecule has 140 valence electrons. The highest BCUT2D eigenvalue weighted by Gasteiger charge is 2.32. The molecular weight excluding hydrogens is 414 g/mol. The molecule has 0 aromatic heterocycles. The number of amides is 3. The molecule has 2 N–H and O–H groups in total. The Morgan fingerprint density at radius 2 is 1.81 bits per heavy atom. The molecule has 1 aliphatic rings. The average molecular weight is 432 g/mol. The second-order valence-corrected chi connectivity index (χ2v) is 6.81. The molecular formula is C19H18BrN3O4. The van der Waals surface area contributed by atoms with Gasteiger partial charge in [-0.3, -0.25) is 19.3 Å². The Hall–Kier alpha value is -2.87. The summed E-state index contributed by atoms with van der Waals surface area (Å²) < 4.78 is 6.28. The Kier molecular flexibility index (Phi) is 5.75. The largest absolute Gasteiger partial charge is 0.479 e. The van der Waals surface area contributed by atoms with Gasteiger partial charge in [-0.05, 0) is 47.1 Å². The zero-order chi connectivity index (χ0) is 19.4. The number of para-hydroxylation sites is 3. The third-order valence-corrected chi connectivity index (χ3v) is 4.66. The van der Waals surface area contributed by atoms with E-state index in [-0.39, 0.29) is 24.9 Å². The summed E-state index contributed by atoms with van der Waals surface area (Å²) in [4.78, 5) is 38.0. The molecule has 3 amide bonds. The van der Waals surface area contributed by atoms with Crippen LogP contribution in [0.5, 0.6) is 5.75 Å². The predicted octanol–water partition coefficient (Wildman–Crippen LogP) is 2.32. The molecule has 0 unspecified atom stereocenters. The number of hydrogen-bond acceptors (Lipinski definition) is 4. The lowest BCUT2D eigenvalue weighted by molar-refractivity contribution is -0.128. The topological polar surface area (TPSA) is 87.7 Å². The molecule has 0 aliphatic carbocycles. The van der Waals surface area contributed by atoms with Crippen LogP contribution in [0.1, 0.15) is 6.92 Å². The maximum atomic E-state index is 12.4. The highest BCUT2D eigenvalue weighted by Crippen LogP contribution is 2.33. The van der Waals surface area contributed by atoms with Crippen LogP contribution in [0.3, 0.4) is 0 Å². The van der Waals surface area contributed by atoms with Crippen molar-refractivity contribution in [1.29, 1.82) is 0 Å². The Bertz CT molecular complexity index is 887. The molecule has 2 aromatic carbocycles. The van der Waals surface area contributed by atoms with Crippen molar-refractivity contribution in [2.24, 2.45) is 0 Å². The molecule has 27 heavy (non-hydrogen) atoms. The number of ether oxygens (including phenoxy) is 1. The van der Waals surface area contributed by atoms with Gasteiger partial charge in [-0.2, -0.15) is 0 Å². The molecule has 0 saturated heterocycles. The second kappa shape index (κ2) is 8.22. The van der Waals surface area contributed by atoms with E-state index in [0.29, 0.717) is 17.1 Å². The van der Waals surface area contributed by atoms with Gasteiger partial charge in [-0.1, -0.05) is 24.3 Å². The first-order chi connectivity index (χ1) is 13.0. The fourth-order valence-electron chi connectivity index (χ4n) is 2.66. The van der Waals surface area contributed by atoms with E-state index in [2.05, 4.69) is 26.6 Å². The van der Waals surface area contributed by atoms with Gasteiger partial charge >= 0.3 is 0 Å². The maximum absolute atomic E-state index is 12.4. The van der Waals surface area contributed by atoms with Crippen LogP contribution >= 0.6 is 15.9 Å². The number of carbonyl (C=O) groups is 3. The van der Waals surface area contributed by atoms with Crippen molar-refractivity contribution in [3.8, 4) is 5.75 Å². The van der Waals surface area contributed by atoms with Crippen molar-refractivity contribution < 1.29 is 19.1 Å². The molecule has 8 heteroatoms. The fraction of sp³-hybridized carbons (Fsp3) is 0.211. The second-order valence-electron chi connectivity index (χ2n) is 5.96. The summed E-state index contributed by atoms with van der Waals surface area (Å²) in [6.07, 6.45) is -0.675. The smallest absolute Gasteiger partial charge is 0.268 e. The first-order valence-corrected chi connectivity index (χ1v) is 9.13. The van der Waals surface area contributed by atoms with Crippen LogP contribution in [0.25, 0.3) is 0 Å². The number of carbonyl (C=O) groups excluding carboxylic acids is 3. The van der Waals surface area contributed by atoms with E-state index in [4.69, 9.17) is 4.74 Å². The van der Waals surface area contributed by atoms with Gasteiger partial charge in [-0.15, -0.1) is 0 Å². The number of hydrogen-bond donors (Lipinski definition) is 2. The lowest BCUT2D eigenvalue weighted by atomic mass is 10.2. The molecule has 0 saturated carbocycles. The Labute approximate surface area is 164 Å². The van der Waals surface area contributed by atoms with Gasteiger partial charge in [0.05, 0.1) is 17.9 Å². The molecule has 3 rings (SSSR count). The lowest BCUT2D eigenvalue weighted by Crippen LogP contribution is -2.49. The predicted molar refractivity (Wildman–Crippen MR) is 105 cm³/mol. The van der Waals surface area contributed by atoms with Crippen molar-refractivity contribution in [3.63, 3.8) is 0 Å². The van der Waals surface area contributed by atoms with Crippen molar-refractivity contribution in [1.82, 2.24) is 5.32 Å². The van der Waals surface area contributed by atoms with Gasteiger partial charge < -0.3 is 15.4 Å². The normalized spacial score (nSPS) is 15.6. The Morgan fingerprint density at radius 1 is 1.11 bits per heavy atom.